The van der Waals surface area contributed by atoms with Gasteiger partial charge in [-0.15, -0.1) is 0 Å². The molecule has 2 aliphatic rings. The third-order valence-corrected chi connectivity index (χ3v) is 4.84. The molecule has 2 atom stereocenters. The number of amides is 3. The fourth-order valence-corrected chi connectivity index (χ4v) is 3.40. The second kappa shape index (κ2) is 7.20. The van der Waals surface area contributed by atoms with Gasteiger partial charge in [-0.1, -0.05) is 0 Å². The Labute approximate surface area is 144 Å². The number of hydrogen-bond acceptors (Lipinski definition) is 4. The van der Waals surface area contributed by atoms with Crippen LogP contribution >= 0.6 is 0 Å². The predicted octanol–water partition coefficient (Wildman–Crippen LogP) is 0.281. The summed E-state index contributed by atoms with van der Waals surface area (Å²) in [6, 6.07) is -0.126. The summed E-state index contributed by atoms with van der Waals surface area (Å²) in [6.45, 7) is 3.02. The van der Waals surface area contributed by atoms with Crippen LogP contribution in [0.4, 0.5) is 4.39 Å². The molecule has 2 aliphatic heterocycles. The van der Waals surface area contributed by atoms with Crippen LogP contribution in [-0.4, -0.2) is 69.4 Å². The number of nitrogens with one attached hydrogen (secondary N) is 2. The molecule has 2 fully saturated rings. The first-order valence-electron chi connectivity index (χ1n) is 8.52. The fraction of sp³-hybridized carbons (Fsp3) is 0.625. The largest absolute Gasteiger partial charge is 0.353 e. The van der Waals surface area contributed by atoms with Gasteiger partial charge in [0.25, 0.3) is 5.91 Å². The zero-order chi connectivity index (χ0) is 18.0. The maximum Gasteiger partial charge on any atom is 0.275 e. The van der Waals surface area contributed by atoms with Gasteiger partial charge >= 0.3 is 0 Å². The zero-order valence-electron chi connectivity index (χ0n) is 14.1. The molecule has 3 amide bonds. The van der Waals surface area contributed by atoms with Gasteiger partial charge in [-0.3, -0.25) is 19.5 Å². The Morgan fingerprint density at radius 2 is 2.20 bits per heavy atom. The lowest BCUT2D eigenvalue weighted by Crippen LogP contribution is -2.55. The van der Waals surface area contributed by atoms with Crippen LogP contribution in [-0.2, 0) is 9.59 Å². The molecular formula is C16H22FN5O3. The number of nitrogens with zero attached hydrogens (tertiary/aromatic N) is 3. The molecule has 0 aromatic carbocycles. The third kappa shape index (κ3) is 3.80. The molecule has 1 unspecified atom stereocenters. The molecular weight excluding hydrogens is 329 g/mol. The van der Waals surface area contributed by atoms with E-state index >= 15 is 0 Å². The molecule has 0 saturated carbocycles. The summed E-state index contributed by atoms with van der Waals surface area (Å²) in [5, 5.41) is 8.77. The summed E-state index contributed by atoms with van der Waals surface area (Å²) in [6.07, 6.45) is 3.29. The Kier molecular flexibility index (Phi) is 5.00. The summed E-state index contributed by atoms with van der Waals surface area (Å²) >= 11 is 0. The van der Waals surface area contributed by atoms with Crippen molar-refractivity contribution in [1.82, 2.24) is 25.3 Å². The number of H-pyrrole nitrogens is 1. The van der Waals surface area contributed by atoms with E-state index in [-0.39, 0.29) is 29.6 Å². The Balaban J connectivity index is 1.51. The normalized spacial score (nSPS) is 23.7. The quantitative estimate of drug-likeness (QED) is 0.814. The van der Waals surface area contributed by atoms with Crippen molar-refractivity contribution in [1.29, 1.82) is 0 Å². The van der Waals surface area contributed by atoms with Crippen LogP contribution < -0.4 is 5.32 Å². The van der Waals surface area contributed by atoms with Crippen LogP contribution in [0.2, 0.25) is 0 Å². The lowest BCUT2D eigenvalue weighted by atomic mass is 10.1. The average Bonchev–Trinajstić information content (AvgIpc) is 3.20. The minimum atomic E-state index is -0.672. The molecule has 136 valence electrons. The molecule has 2 saturated heterocycles. The second-order valence-electron chi connectivity index (χ2n) is 6.62. The number of carbonyl (C=O) groups excluding carboxylic acids is 3. The summed E-state index contributed by atoms with van der Waals surface area (Å²) < 4.78 is 13.5. The molecule has 0 aliphatic carbocycles. The molecule has 0 radical (unpaired) electrons. The van der Waals surface area contributed by atoms with Crippen molar-refractivity contribution < 1.29 is 18.8 Å². The Morgan fingerprint density at radius 1 is 1.40 bits per heavy atom. The zero-order valence-corrected chi connectivity index (χ0v) is 14.1. The van der Waals surface area contributed by atoms with Crippen molar-refractivity contribution in [2.24, 2.45) is 0 Å². The number of piperazine rings is 1. The van der Waals surface area contributed by atoms with Crippen LogP contribution in [0.3, 0.4) is 0 Å². The first-order valence-corrected chi connectivity index (χ1v) is 8.52. The highest BCUT2D eigenvalue weighted by molar-refractivity contribution is 5.93. The van der Waals surface area contributed by atoms with Crippen molar-refractivity contribution in [3.05, 3.63) is 17.7 Å². The number of carbonyl (C=O) groups is 3. The van der Waals surface area contributed by atoms with Crippen molar-refractivity contribution in [3.63, 3.8) is 0 Å². The van der Waals surface area contributed by atoms with Crippen LogP contribution in [0, 0.1) is 5.82 Å². The smallest absolute Gasteiger partial charge is 0.275 e. The Hall–Kier alpha value is -2.45. The van der Waals surface area contributed by atoms with E-state index in [1.54, 1.807) is 9.80 Å². The molecule has 1 aromatic heterocycles. The highest BCUT2D eigenvalue weighted by Gasteiger charge is 2.32. The summed E-state index contributed by atoms with van der Waals surface area (Å²) in [5.74, 6) is -1.05. The molecule has 1 aromatic rings. The predicted molar refractivity (Wildman–Crippen MR) is 86.0 cm³/mol. The molecule has 0 bridgehead atoms. The first-order chi connectivity index (χ1) is 12.0. The van der Waals surface area contributed by atoms with E-state index in [2.05, 4.69) is 15.5 Å². The van der Waals surface area contributed by atoms with Crippen molar-refractivity contribution in [2.75, 3.05) is 19.6 Å². The van der Waals surface area contributed by atoms with Crippen LogP contribution in [0.1, 0.15) is 43.1 Å². The Bertz CT molecular complexity index is 676. The highest BCUT2D eigenvalue weighted by Crippen LogP contribution is 2.17. The van der Waals surface area contributed by atoms with E-state index in [9.17, 15) is 18.8 Å². The monoisotopic (exact) mass is 351 g/mol. The lowest BCUT2D eigenvalue weighted by Gasteiger charge is -2.39. The van der Waals surface area contributed by atoms with E-state index in [4.69, 9.17) is 0 Å². The molecule has 9 heteroatoms. The number of aromatic nitrogens is 2. The SMILES string of the molecule is C[C@@H]1CN(C(=O)CCC2CCC(=O)N2)CCN1C(=O)c1[nH]ncc1F. The average molecular weight is 351 g/mol. The number of aromatic amines is 1. The lowest BCUT2D eigenvalue weighted by molar-refractivity contribution is -0.134. The molecule has 25 heavy (non-hydrogen) atoms. The van der Waals surface area contributed by atoms with Crippen LogP contribution in [0.5, 0.6) is 0 Å². The topological polar surface area (TPSA) is 98.4 Å². The van der Waals surface area contributed by atoms with Gasteiger partial charge in [0.05, 0.1) is 6.20 Å². The van der Waals surface area contributed by atoms with Crippen molar-refractivity contribution >= 4 is 17.7 Å². The summed E-state index contributed by atoms with van der Waals surface area (Å²) in [7, 11) is 0. The molecule has 8 nitrogen and oxygen atoms in total. The van der Waals surface area contributed by atoms with Gasteiger partial charge in [-0.05, 0) is 19.8 Å². The van der Waals surface area contributed by atoms with Gasteiger partial charge in [0, 0.05) is 44.6 Å². The number of halogens is 1. The van der Waals surface area contributed by atoms with Gasteiger partial charge in [0.1, 0.15) is 0 Å². The van der Waals surface area contributed by atoms with Gasteiger partial charge in [0.15, 0.2) is 11.5 Å². The van der Waals surface area contributed by atoms with Gasteiger partial charge < -0.3 is 15.1 Å². The molecule has 3 rings (SSSR count). The standard InChI is InChI=1S/C16H22FN5O3/c1-10-9-21(14(24)5-3-11-2-4-13(23)19-11)6-7-22(10)16(25)15-12(17)8-18-20-15/h8,10-11H,2-7,9H2,1H3,(H,18,20)(H,19,23)/t10-,11?/m1/s1. The van der Waals surface area contributed by atoms with Crippen molar-refractivity contribution in [3.8, 4) is 0 Å². The third-order valence-electron chi connectivity index (χ3n) is 4.84. The molecule has 3 heterocycles. The number of rotatable bonds is 4. The Morgan fingerprint density at radius 3 is 2.80 bits per heavy atom. The second-order valence-corrected chi connectivity index (χ2v) is 6.62. The van der Waals surface area contributed by atoms with Crippen molar-refractivity contribution in [2.45, 2.75) is 44.7 Å². The number of hydrogen-bond donors (Lipinski definition) is 2. The van der Waals surface area contributed by atoms with Gasteiger partial charge in [-0.2, -0.15) is 5.10 Å². The van der Waals surface area contributed by atoms with Gasteiger partial charge in [-0.25, -0.2) is 4.39 Å². The van der Waals surface area contributed by atoms with Gasteiger partial charge in [0.2, 0.25) is 11.8 Å². The maximum absolute atomic E-state index is 13.5. The van der Waals surface area contributed by atoms with E-state index in [1.165, 1.54) is 0 Å². The molecule has 0 spiro atoms. The van der Waals surface area contributed by atoms with E-state index < -0.39 is 11.7 Å². The van der Waals surface area contributed by atoms with E-state index in [0.717, 1.165) is 12.6 Å². The first kappa shape index (κ1) is 17.4. The minimum absolute atomic E-state index is 0.0211. The minimum Gasteiger partial charge on any atom is -0.353 e. The maximum atomic E-state index is 13.5. The van der Waals surface area contributed by atoms with Crippen LogP contribution in [0.25, 0.3) is 0 Å². The van der Waals surface area contributed by atoms with E-state index in [1.807, 2.05) is 6.92 Å². The summed E-state index contributed by atoms with van der Waals surface area (Å²) in [4.78, 5) is 39.2. The fourth-order valence-electron chi connectivity index (χ4n) is 3.40. The molecule has 2 N–H and O–H groups in total. The highest BCUT2D eigenvalue weighted by atomic mass is 19.1. The van der Waals surface area contributed by atoms with E-state index in [0.29, 0.717) is 38.9 Å². The summed E-state index contributed by atoms with van der Waals surface area (Å²) in [5.41, 5.74) is -0.149. The van der Waals surface area contributed by atoms with Crippen LogP contribution in [0.15, 0.2) is 6.20 Å².